The van der Waals surface area contributed by atoms with Gasteiger partial charge in [-0.25, -0.2) is 0 Å². The second-order valence-electron chi connectivity index (χ2n) is 16.6. The van der Waals surface area contributed by atoms with Crippen LogP contribution in [-0.2, 0) is 10.8 Å². The van der Waals surface area contributed by atoms with E-state index in [1.54, 1.807) is 0 Å². The molecule has 6 aromatic rings. The standard InChI is InChI=1S/C43H48N2Si/c1-41(2,3)30-19-21-34-29(26-30)18-22-39-40(34)35-28-32(20-23-37(35)44(39)31-14-13-15-33(27-31)46(6,7)8)45-38-17-10-9-16-36(38)42(4)24-11-12-25-43(42,45)5/h9-10,13-23,26-28H,11-12,24-25H2,1-8H3. The van der Waals surface area contributed by atoms with Crippen LogP contribution in [0.1, 0.15) is 71.4 Å². The highest BCUT2D eigenvalue weighted by molar-refractivity contribution is 6.88. The van der Waals surface area contributed by atoms with Crippen molar-refractivity contribution in [1.29, 1.82) is 0 Å². The normalized spacial score (nSPS) is 21.7. The summed E-state index contributed by atoms with van der Waals surface area (Å²) < 4.78 is 2.53. The minimum absolute atomic E-state index is 0.0380. The highest BCUT2D eigenvalue weighted by Gasteiger charge is 2.57. The predicted molar refractivity (Wildman–Crippen MR) is 203 cm³/mol. The van der Waals surface area contributed by atoms with Crippen LogP contribution in [0.25, 0.3) is 38.3 Å². The number of anilines is 2. The monoisotopic (exact) mass is 620 g/mol. The van der Waals surface area contributed by atoms with E-state index in [0.717, 1.165) is 0 Å². The summed E-state index contributed by atoms with van der Waals surface area (Å²) in [5, 5.41) is 6.84. The maximum absolute atomic E-state index is 2.72. The largest absolute Gasteiger partial charge is 0.334 e. The topological polar surface area (TPSA) is 8.17 Å². The van der Waals surface area contributed by atoms with Crippen LogP contribution >= 0.6 is 0 Å². The summed E-state index contributed by atoms with van der Waals surface area (Å²) in [4.78, 5) is 2.72. The molecule has 0 bridgehead atoms. The lowest BCUT2D eigenvalue weighted by atomic mass is 9.61. The molecule has 234 valence electrons. The van der Waals surface area contributed by atoms with Gasteiger partial charge in [0.2, 0.25) is 0 Å². The summed E-state index contributed by atoms with van der Waals surface area (Å²) in [6.45, 7) is 19.3. The Labute approximate surface area is 276 Å². The van der Waals surface area contributed by atoms with Crippen molar-refractivity contribution in [3.8, 4) is 5.69 Å². The van der Waals surface area contributed by atoms with Crippen molar-refractivity contribution in [3.05, 3.63) is 108 Å². The molecular weight excluding hydrogens is 573 g/mol. The lowest BCUT2D eigenvalue weighted by Crippen LogP contribution is -2.54. The van der Waals surface area contributed by atoms with Crippen molar-refractivity contribution >= 4 is 57.2 Å². The highest BCUT2D eigenvalue weighted by Crippen LogP contribution is 2.61. The van der Waals surface area contributed by atoms with Crippen molar-refractivity contribution in [2.75, 3.05) is 4.90 Å². The van der Waals surface area contributed by atoms with Crippen molar-refractivity contribution in [2.24, 2.45) is 0 Å². The van der Waals surface area contributed by atoms with Gasteiger partial charge in [-0.15, -0.1) is 0 Å². The minimum Gasteiger partial charge on any atom is -0.334 e. The molecule has 8 rings (SSSR count). The summed E-state index contributed by atoms with van der Waals surface area (Å²) in [6, 6.07) is 37.8. The Kier molecular flexibility index (Phi) is 6.33. The van der Waals surface area contributed by atoms with Gasteiger partial charge in [-0.2, -0.15) is 0 Å². The predicted octanol–water partition coefficient (Wildman–Crippen LogP) is 11.5. The molecule has 46 heavy (non-hydrogen) atoms. The minimum atomic E-state index is -1.49. The molecule has 1 aromatic heterocycles. The molecule has 2 nitrogen and oxygen atoms in total. The van der Waals surface area contributed by atoms with Crippen LogP contribution in [0.3, 0.4) is 0 Å². The Balaban J connectivity index is 1.44. The second-order valence-corrected chi connectivity index (χ2v) is 21.7. The van der Waals surface area contributed by atoms with Gasteiger partial charge in [0.25, 0.3) is 0 Å². The van der Waals surface area contributed by atoms with Gasteiger partial charge in [-0.3, -0.25) is 0 Å². The third kappa shape index (κ3) is 4.13. The number of hydrogen-bond acceptors (Lipinski definition) is 1. The Morgan fingerprint density at radius 1 is 0.674 bits per heavy atom. The average Bonchev–Trinajstić information content (AvgIpc) is 3.46. The average molecular weight is 621 g/mol. The molecule has 5 aromatic carbocycles. The second kappa shape index (κ2) is 9.84. The van der Waals surface area contributed by atoms with Crippen LogP contribution < -0.4 is 10.1 Å². The molecule has 0 saturated heterocycles. The van der Waals surface area contributed by atoms with Crippen molar-refractivity contribution in [1.82, 2.24) is 4.57 Å². The van der Waals surface area contributed by atoms with E-state index in [0.29, 0.717) is 0 Å². The molecule has 1 saturated carbocycles. The molecule has 1 fully saturated rings. The fourth-order valence-corrected chi connectivity index (χ4v) is 10.1. The first-order chi connectivity index (χ1) is 21.8. The van der Waals surface area contributed by atoms with Gasteiger partial charge in [-0.05, 0) is 89.5 Å². The highest BCUT2D eigenvalue weighted by atomic mass is 28.3. The molecule has 1 aliphatic carbocycles. The van der Waals surface area contributed by atoms with E-state index in [9.17, 15) is 0 Å². The van der Waals surface area contributed by atoms with Crippen LogP contribution in [0.5, 0.6) is 0 Å². The third-order valence-electron chi connectivity index (χ3n) is 11.8. The van der Waals surface area contributed by atoms with Crippen LogP contribution in [0.2, 0.25) is 19.6 Å². The lowest BCUT2D eigenvalue weighted by molar-refractivity contribution is 0.195. The number of aromatic nitrogens is 1. The first kappa shape index (κ1) is 29.6. The zero-order valence-corrected chi connectivity index (χ0v) is 30.0. The van der Waals surface area contributed by atoms with Crippen molar-refractivity contribution in [2.45, 2.75) is 96.3 Å². The molecule has 1 aliphatic heterocycles. The van der Waals surface area contributed by atoms with Gasteiger partial charge in [-0.1, -0.05) is 120 Å². The molecule has 3 heteroatoms. The smallest absolute Gasteiger partial charge is 0.0776 e. The molecule has 0 amide bonds. The van der Waals surface area contributed by atoms with E-state index in [1.165, 1.54) is 91.6 Å². The van der Waals surface area contributed by atoms with E-state index in [4.69, 9.17) is 0 Å². The SMILES string of the molecule is CC(C)(C)c1ccc2c(ccc3c2c2cc(N4c5ccccc5C5(C)CCCCC45C)ccc2n3-c2cccc([Si](C)(C)C)c2)c1. The molecule has 0 radical (unpaired) electrons. The fourth-order valence-electron chi connectivity index (χ4n) is 8.93. The first-order valence-electron chi connectivity index (χ1n) is 17.3. The Bertz CT molecular complexity index is 2170. The van der Waals surface area contributed by atoms with Crippen molar-refractivity contribution in [3.63, 3.8) is 0 Å². The molecule has 0 N–H and O–H groups in total. The zero-order valence-electron chi connectivity index (χ0n) is 29.0. The van der Waals surface area contributed by atoms with E-state index >= 15 is 0 Å². The van der Waals surface area contributed by atoms with E-state index in [-0.39, 0.29) is 16.4 Å². The van der Waals surface area contributed by atoms with Gasteiger partial charge < -0.3 is 9.47 Å². The Morgan fingerprint density at radius 2 is 1.43 bits per heavy atom. The number of nitrogens with zero attached hydrogens (tertiary/aromatic N) is 2. The molecular formula is C43H48N2Si. The summed E-state index contributed by atoms with van der Waals surface area (Å²) >= 11 is 0. The Hall–Kier alpha value is -3.82. The summed E-state index contributed by atoms with van der Waals surface area (Å²) in [5.41, 5.74) is 9.70. The van der Waals surface area contributed by atoms with Gasteiger partial charge in [0.05, 0.1) is 24.6 Å². The van der Waals surface area contributed by atoms with Gasteiger partial charge >= 0.3 is 0 Å². The number of rotatable bonds is 3. The van der Waals surface area contributed by atoms with Crippen LogP contribution in [0, 0.1) is 0 Å². The Morgan fingerprint density at radius 3 is 2.22 bits per heavy atom. The number of para-hydroxylation sites is 1. The lowest BCUT2D eigenvalue weighted by Gasteiger charge is -2.50. The molecule has 2 heterocycles. The number of fused-ring (bicyclic) bond motifs is 8. The third-order valence-corrected chi connectivity index (χ3v) is 13.9. The fraction of sp³-hybridized carbons (Fsp3) is 0.349. The molecule has 2 unspecified atom stereocenters. The number of hydrogen-bond donors (Lipinski definition) is 0. The van der Waals surface area contributed by atoms with Gasteiger partial charge in [0.1, 0.15) is 0 Å². The van der Waals surface area contributed by atoms with Crippen molar-refractivity contribution < 1.29 is 0 Å². The quantitative estimate of drug-likeness (QED) is 0.179. The molecule has 2 aliphatic rings. The van der Waals surface area contributed by atoms with Crippen LogP contribution in [0.15, 0.2) is 97.1 Å². The van der Waals surface area contributed by atoms with Crippen LogP contribution in [-0.4, -0.2) is 18.2 Å². The van der Waals surface area contributed by atoms with E-state index in [1.807, 2.05) is 0 Å². The van der Waals surface area contributed by atoms with Gasteiger partial charge in [0, 0.05) is 33.2 Å². The maximum atomic E-state index is 2.72. The zero-order chi connectivity index (χ0) is 32.2. The number of benzene rings is 5. The summed E-state index contributed by atoms with van der Waals surface area (Å²) in [6.07, 6.45) is 5.04. The molecule has 0 spiro atoms. The first-order valence-corrected chi connectivity index (χ1v) is 20.8. The van der Waals surface area contributed by atoms with Gasteiger partial charge in [0.15, 0.2) is 0 Å². The van der Waals surface area contributed by atoms with Crippen LogP contribution in [0.4, 0.5) is 11.4 Å². The van der Waals surface area contributed by atoms with E-state index in [2.05, 4.69) is 161 Å². The summed E-state index contributed by atoms with van der Waals surface area (Å²) in [7, 11) is -1.49. The summed E-state index contributed by atoms with van der Waals surface area (Å²) in [5.74, 6) is 0. The maximum Gasteiger partial charge on any atom is 0.0776 e. The van der Waals surface area contributed by atoms with E-state index < -0.39 is 8.07 Å². The molecule has 2 atom stereocenters.